The predicted molar refractivity (Wildman–Crippen MR) is 59.6 cm³/mol. The van der Waals surface area contributed by atoms with Gasteiger partial charge in [-0.1, -0.05) is 13.8 Å². The first-order chi connectivity index (χ1) is 6.92. The van der Waals surface area contributed by atoms with Crippen molar-refractivity contribution in [1.29, 1.82) is 0 Å². The number of piperidine rings is 1. The summed E-state index contributed by atoms with van der Waals surface area (Å²) in [7, 11) is 2.08. The van der Waals surface area contributed by atoms with E-state index in [0.29, 0.717) is 18.4 Å². The molecule has 2 unspecified atom stereocenters. The summed E-state index contributed by atoms with van der Waals surface area (Å²) in [4.78, 5) is 13.2. The quantitative estimate of drug-likeness (QED) is 0.723. The molecule has 0 saturated carbocycles. The van der Waals surface area contributed by atoms with Crippen molar-refractivity contribution in [3.8, 4) is 0 Å². The van der Waals surface area contributed by atoms with Gasteiger partial charge in [-0.25, -0.2) is 0 Å². The van der Waals surface area contributed by atoms with E-state index in [1.807, 2.05) is 0 Å². The van der Waals surface area contributed by atoms with Gasteiger partial charge in [-0.05, 0) is 25.4 Å². The molecule has 0 bridgehead atoms. The third kappa shape index (κ3) is 2.32. The lowest BCUT2D eigenvalue weighted by Crippen LogP contribution is -2.54. The van der Waals surface area contributed by atoms with Gasteiger partial charge in [-0.15, -0.1) is 0 Å². The van der Waals surface area contributed by atoms with Crippen LogP contribution in [0.3, 0.4) is 0 Å². The van der Waals surface area contributed by atoms with Crippen LogP contribution >= 0.6 is 0 Å². The summed E-state index contributed by atoms with van der Waals surface area (Å²) in [5.41, 5.74) is 5.61. The Balaban J connectivity index is 2.89. The van der Waals surface area contributed by atoms with E-state index in [-0.39, 0.29) is 11.8 Å². The molecular formula is C11H22N2O2. The second-order valence-electron chi connectivity index (χ2n) is 5.03. The molecule has 1 fully saturated rings. The fourth-order valence-corrected chi connectivity index (χ4v) is 2.96. The van der Waals surface area contributed by atoms with Crippen LogP contribution < -0.4 is 5.73 Å². The van der Waals surface area contributed by atoms with Gasteiger partial charge < -0.3 is 15.7 Å². The molecule has 4 nitrogen and oxygen atoms in total. The van der Waals surface area contributed by atoms with Gasteiger partial charge in [0, 0.05) is 18.5 Å². The fourth-order valence-electron chi connectivity index (χ4n) is 2.96. The van der Waals surface area contributed by atoms with Crippen molar-refractivity contribution < 1.29 is 9.90 Å². The van der Waals surface area contributed by atoms with Gasteiger partial charge in [0.1, 0.15) is 0 Å². The third-order valence-electron chi connectivity index (χ3n) is 3.99. The number of nitrogens with two attached hydrogens (primary N) is 1. The SMILES string of the molecule is CC1CN(C)CC(C)C1(CN)CC(=O)O. The number of aliphatic carboxylic acids is 1. The number of likely N-dealkylation sites (tertiary alicyclic amines) is 1. The molecule has 0 amide bonds. The Kier molecular flexibility index (Phi) is 3.73. The number of carboxylic acid groups (broad SMARTS) is 1. The van der Waals surface area contributed by atoms with Crippen molar-refractivity contribution in [3.05, 3.63) is 0 Å². The number of carboxylic acids is 1. The van der Waals surface area contributed by atoms with E-state index in [1.54, 1.807) is 0 Å². The second kappa shape index (κ2) is 4.49. The highest BCUT2D eigenvalue weighted by molar-refractivity contribution is 5.68. The Morgan fingerprint density at radius 2 is 1.93 bits per heavy atom. The van der Waals surface area contributed by atoms with Crippen molar-refractivity contribution >= 4 is 5.97 Å². The first-order valence-electron chi connectivity index (χ1n) is 5.52. The predicted octanol–water partition coefficient (Wildman–Crippen LogP) is 0.624. The maximum absolute atomic E-state index is 10.9. The topological polar surface area (TPSA) is 66.6 Å². The van der Waals surface area contributed by atoms with Crippen molar-refractivity contribution in [2.24, 2.45) is 23.0 Å². The van der Waals surface area contributed by atoms with Crippen LogP contribution in [0, 0.1) is 17.3 Å². The van der Waals surface area contributed by atoms with Crippen molar-refractivity contribution in [2.75, 3.05) is 26.7 Å². The molecule has 0 aliphatic carbocycles. The summed E-state index contributed by atoms with van der Waals surface area (Å²) in [5, 5.41) is 8.99. The van der Waals surface area contributed by atoms with E-state index < -0.39 is 5.97 Å². The van der Waals surface area contributed by atoms with Gasteiger partial charge in [0.2, 0.25) is 0 Å². The molecule has 15 heavy (non-hydrogen) atoms. The summed E-state index contributed by atoms with van der Waals surface area (Å²) < 4.78 is 0. The lowest BCUT2D eigenvalue weighted by molar-refractivity contribution is -0.143. The standard InChI is InChI=1S/C11H22N2O2/c1-8-5-13(3)6-9(2)11(8,7-12)4-10(14)15/h8-9H,4-7,12H2,1-3H3,(H,14,15). The first kappa shape index (κ1) is 12.5. The maximum Gasteiger partial charge on any atom is 0.303 e. The van der Waals surface area contributed by atoms with Crippen LogP contribution in [0.15, 0.2) is 0 Å². The van der Waals surface area contributed by atoms with E-state index in [4.69, 9.17) is 10.8 Å². The Labute approximate surface area is 91.4 Å². The van der Waals surface area contributed by atoms with E-state index in [1.165, 1.54) is 0 Å². The summed E-state index contributed by atoms with van der Waals surface area (Å²) in [6, 6.07) is 0. The number of rotatable bonds is 3. The number of nitrogens with zero attached hydrogens (tertiary/aromatic N) is 1. The molecule has 4 heteroatoms. The summed E-state index contributed by atoms with van der Waals surface area (Å²) in [5.74, 6) is -0.0524. The van der Waals surface area contributed by atoms with E-state index in [0.717, 1.165) is 13.1 Å². The normalized spacial score (nSPS) is 37.9. The van der Waals surface area contributed by atoms with Crippen LogP contribution in [0.25, 0.3) is 0 Å². The smallest absolute Gasteiger partial charge is 0.303 e. The van der Waals surface area contributed by atoms with E-state index in [2.05, 4.69) is 25.8 Å². The molecule has 1 aliphatic rings. The zero-order valence-electron chi connectivity index (χ0n) is 9.86. The lowest BCUT2D eigenvalue weighted by atomic mass is 9.63. The molecule has 1 rings (SSSR count). The Morgan fingerprint density at radius 1 is 1.47 bits per heavy atom. The van der Waals surface area contributed by atoms with Crippen LogP contribution in [-0.4, -0.2) is 42.7 Å². The van der Waals surface area contributed by atoms with Gasteiger partial charge in [-0.3, -0.25) is 4.79 Å². The minimum absolute atomic E-state index is 0.194. The fraction of sp³-hybridized carbons (Fsp3) is 0.909. The van der Waals surface area contributed by atoms with Gasteiger partial charge in [0.25, 0.3) is 0 Å². The van der Waals surface area contributed by atoms with Gasteiger partial charge >= 0.3 is 5.97 Å². The van der Waals surface area contributed by atoms with Crippen LogP contribution in [0.5, 0.6) is 0 Å². The van der Waals surface area contributed by atoms with E-state index in [9.17, 15) is 4.79 Å². The molecule has 0 radical (unpaired) electrons. The monoisotopic (exact) mass is 214 g/mol. The number of hydrogen-bond acceptors (Lipinski definition) is 3. The summed E-state index contributed by atoms with van der Waals surface area (Å²) in [6.07, 6.45) is 0.194. The molecule has 0 spiro atoms. The largest absolute Gasteiger partial charge is 0.481 e. The lowest BCUT2D eigenvalue weighted by Gasteiger charge is -2.49. The third-order valence-corrected chi connectivity index (χ3v) is 3.99. The Hall–Kier alpha value is -0.610. The van der Waals surface area contributed by atoms with Crippen LogP contribution in [0.4, 0.5) is 0 Å². The number of hydrogen-bond donors (Lipinski definition) is 2. The van der Waals surface area contributed by atoms with Crippen LogP contribution in [-0.2, 0) is 4.79 Å². The molecule has 88 valence electrons. The summed E-state index contributed by atoms with van der Waals surface area (Å²) in [6.45, 7) is 6.57. The van der Waals surface area contributed by atoms with Gasteiger partial charge in [0.05, 0.1) is 6.42 Å². The highest BCUT2D eigenvalue weighted by Crippen LogP contribution is 2.42. The zero-order valence-corrected chi connectivity index (χ0v) is 9.86. The van der Waals surface area contributed by atoms with Crippen LogP contribution in [0.1, 0.15) is 20.3 Å². The molecule has 1 heterocycles. The van der Waals surface area contributed by atoms with Gasteiger partial charge in [0.15, 0.2) is 0 Å². The molecule has 1 aliphatic heterocycles. The highest BCUT2D eigenvalue weighted by atomic mass is 16.4. The second-order valence-corrected chi connectivity index (χ2v) is 5.03. The molecule has 0 aromatic heterocycles. The molecule has 2 atom stereocenters. The first-order valence-corrected chi connectivity index (χ1v) is 5.52. The molecular weight excluding hydrogens is 192 g/mol. The summed E-state index contributed by atoms with van der Waals surface area (Å²) >= 11 is 0. The molecule has 0 aromatic rings. The minimum Gasteiger partial charge on any atom is -0.481 e. The van der Waals surface area contributed by atoms with Crippen LogP contribution in [0.2, 0.25) is 0 Å². The van der Waals surface area contributed by atoms with Crippen molar-refractivity contribution in [1.82, 2.24) is 4.90 Å². The average Bonchev–Trinajstić information content (AvgIpc) is 2.11. The van der Waals surface area contributed by atoms with Crippen molar-refractivity contribution in [2.45, 2.75) is 20.3 Å². The molecule has 1 saturated heterocycles. The average molecular weight is 214 g/mol. The molecule has 0 aromatic carbocycles. The Bertz CT molecular complexity index is 231. The number of carbonyl (C=O) groups is 1. The van der Waals surface area contributed by atoms with Crippen molar-refractivity contribution in [3.63, 3.8) is 0 Å². The van der Waals surface area contributed by atoms with Gasteiger partial charge in [-0.2, -0.15) is 0 Å². The Morgan fingerprint density at radius 3 is 2.27 bits per heavy atom. The maximum atomic E-state index is 10.9. The zero-order chi connectivity index (χ0) is 11.6. The van der Waals surface area contributed by atoms with E-state index >= 15 is 0 Å². The molecule has 3 N–H and O–H groups in total. The minimum atomic E-state index is -0.733. The highest BCUT2D eigenvalue weighted by Gasteiger charge is 2.45.